The number of unbranched alkanes of at least 4 members (excludes halogenated alkanes) is 1. The summed E-state index contributed by atoms with van der Waals surface area (Å²) in [6.45, 7) is 4.78. The molecule has 0 bridgehead atoms. The van der Waals surface area contributed by atoms with E-state index in [0.717, 1.165) is 25.7 Å². The number of ether oxygens (including phenoxy) is 1. The van der Waals surface area contributed by atoms with Crippen LogP contribution in [0.15, 0.2) is 0 Å². The highest BCUT2D eigenvalue weighted by Gasteiger charge is 2.24. The van der Waals surface area contributed by atoms with Crippen LogP contribution < -0.4 is 5.32 Å². The smallest absolute Gasteiger partial charge is 0.323 e. The first-order chi connectivity index (χ1) is 6.74. The van der Waals surface area contributed by atoms with E-state index < -0.39 is 0 Å². The second kappa shape index (κ2) is 7.94. The van der Waals surface area contributed by atoms with Crippen molar-refractivity contribution in [3.8, 4) is 0 Å². The van der Waals surface area contributed by atoms with E-state index in [-0.39, 0.29) is 24.4 Å². The zero-order valence-electron chi connectivity index (χ0n) is 9.62. The lowest BCUT2D eigenvalue weighted by molar-refractivity contribution is -0.147. The summed E-state index contributed by atoms with van der Waals surface area (Å²) in [7, 11) is 0. The van der Waals surface area contributed by atoms with Gasteiger partial charge >= 0.3 is 5.97 Å². The van der Waals surface area contributed by atoms with Crippen molar-refractivity contribution in [2.24, 2.45) is 0 Å². The summed E-state index contributed by atoms with van der Waals surface area (Å²) in [5, 5.41) is 3.27. The van der Waals surface area contributed by atoms with Crippen LogP contribution in [0, 0.1) is 0 Å². The molecule has 0 amide bonds. The number of carbonyl (C=O) groups is 1. The Bertz CT molecular complexity index is 187. The summed E-state index contributed by atoms with van der Waals surface area (Å²) >= 11 is 0. The van der Waals surface area contributed by atoms with Crippen molar-refractivity contribution in [3.63, 3.8) is 0 Å². The number of halogens is 1. The maximum Gasteiger partial charge on any atom is 0.323 e. The predicted octanol–water partition coefficient (Wildman–Crippen LogP) is 2.28. The quantitative estimate of drug-likeness (QED) is 0.600. The standard InChI is InChI=1S/C11H21NO2.ClH/c1-3-4-8-14-11(13)10-7-5-6-9(2)12-10;/h9-10,12H,3-8H2,1-2H3;1H. The van der Waals surface area contributed by atoms with Crippen LogP contribution in [0.4, 0.5) is 0 Å². The molecule has 1 saturated heterocycles. The fraction of sp³-hybridized carbons (Fsp3) is 0.909. The summed E-state index contributed by atoms with van der Waals surface area (Å²) < 4.78 is 5.17. The molecule has 15 heavy (non-hydrogen) atoms. The molecule has 0 aromatic heterocycles. The number of nitrogens with one attached hydrogen (secondary N) is 1. The third-order valence-corrected chi connectivity index (χ3v) is 2.64. The summed E-state index contributed by atoms with van der Waals surface area (Å²) in [4.78, 5) is 11.5. The van der Waals surface area contributed by atoms with Crippen LogP contribution in [-0.2, 0) is 9.53 Å². The molecule has 0 aromatic carbocycles. The van der Waals surface area contributed by atoms with Gasteiger partial charge in [-0.05, 0) is 32.6 Å². The van der Waals surface area contributed by atoms with Crippen LogP contribution in [0.25, 0.3) is 0 Å². The Labute approximate surface area is 98.4 Å². The van der Waals surface area contributed by atoms with Crippen molar-refractivity contribution in [2.45, 2.75) is 58.0 Å². The summed E-state index contributed by atoms with van der Waals surface area (Å²) in [6.07, 6.45) is 5.26. The van der Waals surface area contributed by atoms with Gasteiger partial charge in [-0.15, -0.1) is 12.4 Å². The minimum absolute atomic E-state index is 0. The van der Waals surface area contributed by atoms with E-state index in [2.05, 4.69) is 19.2 Å². The third kappa shape index (κ3) is 5.38. The fourth-order valence-electron chi connectivity index (χ4n) is 1.74. The van der Waals surface area contributed by atoms with Crippen LogP contribution in [0.1, 0.15) is 46.0 Å². The van der Waals surface area contributed by atoms with Crippen LogP contribution in [0.3, 0.4) is 0 Å². The zero-order chi connectivity index (χ0) is 10.4. The van der Waals surface area contributed by atoms with Crippen molar-refractivity contribution >= 4 is 18.4 Å². The van der Waals surface area contributed by atoms with Gasteiger partial charge in [0, 0.05) is 6.04 Å². The molecular weight excluding hydrogens is 214 g/mol. The van der Waals surface area contributed by atoms with Gasteiger partial charge in [0.25, 0.3) is 0 Å². The second-order valence-electron chi connectivity index (χ2n) is 4.07. The first-order valence-electron chi connectivity index (χ1n) is 5.66. The van der Waals surface area contributed by atoms with Gasteiger partial charge in [-0.25, -0.2) is 0 Å². The zero-order valence-corrected chi connectivity index (χ0v) is 10.4. The van der Waals surface area contributed by atoms with Gasteiger partial charge in [0.15, 0.2) is 0 Å². The molecule has 0 radical (unpaired) electrons. The topological polar surface area (TPSA) is 38.3 Å². The normalized spacial score (nSPS) is 25.5. The molecule has 3 nitrogen and oxygen atoms in total. The second-order valence-corrected chi connectivity index (χ2v) is 4.07. The van der Waals surface area contributed by atoms with Crippen LogP contribution in [0.2, 0.25) is 0 Å². The molecule has 90 valence electrons. The lowest BCUT2D eigenvalue weighted by atomic mass is 10.00. The van der Waals surface area contributed by atoms with E-state index >= 15 is 0 Å². The predicted molar refractivity (Wildman–Crippen MR) is 63.4 cm³/mol. The molecule has 0 aliphatic carbocycles. The Morgan fingerprint density at radius 3 is 2.80 bits per heavy atom. The molecule has 1 heterocycles. The van der Waals surface area contributed by atoms with E-state index in [1.807, 2.05) is 0 Å². The molecule has 1 aliphatic rings. The van der Waals surface area contributed by atoms with Crippen LogP contribution >= 0.6 is 12.4 Å². The molecule has 1 N–H and O–H groups in total. The van der Waals surface area contributed by atoms with E-state index in [0.29, 0.717) is 12.6 Å². The molecule has 1 rings (SSSR count). The summed E-state index contributed by atoms with van der Waals surface area (Å²) in [6, 6.07) is 0.392. The molecular formula is C11H22ClNO2. The highest BCUT2D eigenvalue weighted by atomic mass is 35.5. The maximum atomic E-state index is 11.5. The maximum absolute atomic E-state index is 11.5. The summed E-state index contributed by atoms with van der Waals surface area (Å²) in [5.74, 6) is -0.0648. The first-order valence-corrected chi connectivity index (χ1v) is 5.66. The molecule has 0 saturated carbocycles. The number of esters is 1. The minimum Gasteiger partial charge on any atom is -0.465 e. The Hall–Kier alpha value is -0.280. The van der Waals surface area contributed by atoms with Gasteiger partial charge in [-0.1, -0.05) is 13.3 Å². The Kier molecular flexibility index (Phi) is 7.79. The van der Waals surface area contributed by atoms with Gasteiger partial charge in [-0.2, -0.15) is 0 Å². The Morgan fingerprint density at radius 1 is 1.47 bits per heavy atom. The molecule has 1 aliphatic heterocycles. The largest absolute Gasteiger partial charge is 0.465 e. The summed E-state index contributed by atoms with van der Waals surface area (Å²) in [5.41, 5.74) is 0. The monoisotopic (exact) mass is 235 g/mol. The number of rotatable bonds is 4. The van der Waals surface area contributed by atoms with E-state index in [9.17, 15) is 4.79 Å². The van der Waals surface area contributed by atoms with Crippen molar-refractivity contribution in [2.75, 3.05) is 6.61 Å². The van der Waals surface area contributed by atoms with Crippen molar-refractivity contribution in [3.05, 3.63) is 0 Å². The van der Waals surface area contributed by atoms with Gasteiger partial charge in [0.2, 0.25) is 0 Å². The van der Waals surface area contributed by atoms with Crippen molar-refractivity contribution in [1.29, 1.82) is 0 Å². The average molecular weight is 236 g/mol. The van der Waals surface area contributed by atoms with Crippen LogP contribution in [-0.4, -0.2) is 24.7 Å². The fourth-order valence-corrected chi connectivity index (χ4v) is 1.74. The Morgan fingerprint density at radius 2 is 2.20 bits per heavy atom. The molecule has 1 fully saturated rings. The SMILES string of the molecule is CCCCOC(=O)C1CCCC(C)N1.Cl. The lowest BCUT2D eigenvalue weighted by Gasteiger charge is -2.27. The number of piperidine rings is 1. The highest BCUT2D eigenvalue weighted by Crippen LogP contribution is 2.13. The van der Waals surface area contributed by atoms with Crippen molar-refractivity contribution in [1.82, 2.24) is 5.32 Å². The third-order valence-electron chi connectivity index (χ3n) is 2.64. The highest BCUT2D eigenvalue weighted by molar-refractivity contribution is 5.85. The molecule has 4 heteroatoms. The lowest BCUT2D eigenvalue weighted by Crippen LogP contribution is -2.46. The molecule has 2 unspecified atom stereocenters. The van der Waals surface area contributed by atoms with Gasteiger partial charge in [0.05, 0.1) is 6.61 Å². The van der Waals surface area contributed by atoms with Gasteiger partial charge < -0.3 is 10.1 Å². The number of hydrogen-bond donors (Lipinski definition) is 1. The number of hydrogen-bond acceptors (Lipinski definition) is 3. The first kappa shape index (κ1) is 14.7. The van der Waals surface area contributed by atoms with E-state index in [1.165, 1.54) is 6.42 Å². The average Bonchev–Trinajstić information content (AvgIpc) is 2.18. The molecule has 0 aromatic rings. The van der Waals surface area contributed by atoms with Gasteiger partial charge in [-0.3, -0.25) is 4.79 Å². The van der Waals surface area contributed by atoms with E-state index in [1.54, 1.807) is 0 Å². The van der Waals surface area contributed by atoms with Crippen LogP contribution in [0.5, 0.6) is 0 Å². The van der Waals surface area contributed by atoms with Crippen molar-refractivity contribution < 1.29 is 9.53 Å². The minimum atomic E-state index is -0.0648. The Balaban J connectivity index is 0.00000196. The molecule has 0 spiro atoms. The van der Waals surface area contributed by atoms with Gasteiger partial charge in [0.1, 0.15) is 6.04 Å². The number of carbonyl (C=O) groups excluding carboxylic acids is 1. The van der Waals surface area contributed by atoms with E-state index in [4.69, 9.17) is 4.74 Å². The molecule has 2 atom stereocenters.